The monoisotopic (exact) mass is 298 g/mol. The molecule has 0 atom stereocenters. The summed E-state index contributed by atoms with van der Waals surface area (Å²) in [7, 11) is -9.33. The zero-order valence-electron chi connectivity index (χ0n) is 7.70. The molecule has 1 rings (SSSR count). The maximum absolute atomic E-state index is 8.74. The fraction of sp³-hybridized carbons (Fsp3) is 0. The molecule has 0 aliphatic carbocycles. The number of rotatable bonds is 0. The molecule has 1 aromatic carbocycles. The maximum atomic E-state index is 8.74. The van der Waals surface area contributed by atoms with Crippen molar-refractivity contribution in [1.29, 1.82) is 0 Å². The van der Waals surface area contributed by atoms with E-state index in [0.717, 1.165) is 0 Å². The van der Waals surface area contributed by atoms with Gasteiger partial charge in [0.2, 0.25) is 0 Å². The van der Waals surface area contributed by atoms with Crippen molar-refractivity contribution in [3.8, 4) is 0 Å². The van der Waals surface area contributed by atoms with E-state index in [2.05, 4.69) is 0 Å². The van der Waals surface area contributed by atoms with Gasteiger partial charge in [0.15, 0.2) is 0 Å². The Hall–Kier alpha value is -0.0400. The summed E-state index contributed by atoms with van der Waals surface area (Å²) in [6.45, 7) is 0. The molecule has 0 fully saturated rings. The molecule has 4 N–H and O–H groups in total. The largest absolute Gasteiger partial charge is 0.0623 e. The minimum atomic E-state index is -4.67. The van der Waals surface area contributed by atoms with Gasteiger partial charge in [0.1, 0.15) is 0 Å². The second-order valence-electron chi connectivity index (χ2n) is 2.05. The van der Waals surface area contributed by atoms with Crippen LogP contribution in [-0.4, -0.2) is 64.6 Å². The van der Waals surface area contributed by atoms with Gasteiger partial charge in [0.05, 0.1) is 0 Å². The van der Waals surface area contributed by atoms with E-state index in [0.29, 0.717) is 0 Å². The third kappa shape index (κ3) is 87.6. The summed E-state index contributed by atoms with van der Waals surface area (Å²) in [6.07, 6.45) is 0. The van der Waals surface area contributed by atoms with E-state index in [-0.39, 0.29) is 29.6 Å². The first-order valence-corrected chi connectivity index (χ1v) is 6.19. The Labute approximate surface area is 121 Å². The molecule has 0 heterocycles. The van der Waals surface area contributed by atoms with Crippen molar-refractivity contribution in [3.63, 3.8) is 0 Å². The van der Waals surface area contributed by atoms with Gasteiger partial charge in [0.25, 0.3) is 0 Å². The first-order valence-electron chi connectivity index (χ1n) is 3.40. The fourth-order valence-electron chi connectivity index (χ4n) is 0.385. The summed E-state index contributed by atoms with van der Waals surface area (Å²) in [4.78, 5) is 0. The van der Waals surface area contributed by atoms with Crippen LogP contribution in [0.15, 0.2) is 36.4 Å². The summed E-state index contributed by atoms with van der Waals surface area (Å²) in [5.41, 5.74) is 0. The standard InChI is InChI=1S/C6H6.Na.2H2O4S.H/c1-2-4-6-5-3-1;;2*1-5(2,3)4;/h1-6H;;2*(H2,1,2,3,4);. The van der Waals surface area contributed by atoms with Crippen molar-refractivity contribution >= 4 is 50.4 Å². The van der Waals surface area contributed by atoms with Crippen molar-refractivity contribution in [3.05, 3.63) is 36.4 Å². The molecule has 96 valence electrons. The SMILES string of the molecule is O=S(=O)(O)O.O=S(=O)(O)O.[NaH].c1ccccc1. The average molecular weight is 298 g/mol. The van der Waals surface area contributed by atoms with Crippen LogP contribution >= 0.6 is 0 Å². The van der Waals surface area contributed by atoms with Gasteiger partial charge in [0, 0.05) is 0 Å². The van der Waals surface area contributed by atoms with Crippen LogP contribution in [0.3, 0.4) is 0 Å². The van der Waals surface area contributed by atoms with Crippen LogP contribution in [0.2, 0.25) is 0 Å². The van der Waals surface area contributed by atoms with E-state index in [1.54, 1.807) is 0 Å². The zero-order valence-corrected chi connectivity index (χ0v) is 9.34. The van der Waals surface area contributed by atoms with Crippen LogP contribution in [0, 0.1) is 0 Å². The van der Waals surface area contributed by atoms with Crippen LogP contribution in [-0.2, 0) is 20.8 Å². The summed E-state index contributed by atoms with van der Waals surface area (Å²) in [5, 5.41) is 0. The molecule has 0 amide bonds. The van der Waals surface area contributed by atoms with Gasteiger partial charge in [-0.2, -0.15) is 16.8 Å². The third-order valence-electron chi connectivity index (χ3n) is 0.667. The zero-order chi connectivity index (χ0) is 13.2. The molecular weight excluding hydrogens is 287 g/mol. The van der Waals surface area contributed by atoms with E-state index in [1.807, 2.05) is 36.4 Å². The smallest absolute Gasteiger partial charge is 0.0623 e. The molecule has 11 heteroatoms. The molecule has 0 spiro atoms. The minimum absolute atomic E-state index is 0. The first-order chi connectivity index (χ1) is 7.00. The van der Waals surface area contributed by atoms with Gasteiger partial charge in [-0.1, -0.05) is 36.4 Å². The normalized spacial score (nSPS) is 9.65. The molecule has 0 aliphatic heterocycles. The fourth-order valence-corrected chi connectivity index (χ4v) is 0.385. The molecule has 1 aromatic rings. The maximum Gasteiger partial charge on any atom is -0.0623 e. The van der Waals surface area contributed by atoms with E-state index in [9.17, 15) is 0 Å². The van der Waals surface area contributed by atoms with Crippen LogP contribution in [0.5, 0.6) is 0 Å². The Bertz CT molecular complexity index is 381. The second-order valence-corrected chi connectivity index (χ2v) is 3.84. The van der Waals surface area contributed by atoms with Gasteiger partial charge >= 0.3 is 50.4 Å². The molecule has 17 heavy (non-hydrogen) atoms. The third-order valence-corrected chi connectivity index (χ3v) is 0.667. The molecule has 8 nitrogen and oxygen atoms in total. The number of benzene rings is 1. The van der Waals surface area contributed by atoms with Crippen molar-refractivity contribution in [2.24, 2.45) is 0 Å². The predicted octanol–water partition coefficient (Wildman–Crippen LogP) is -0.267. The average Bonchev–Trinajstić information content (AvgIpc) is 2.01. The molecule has 0 saturated carbocycles. The van der Waals surface area contributed by atoms with Gasteiger partial charge in [-0.05, 0) is 0 Å². The van der Waals surface area contributed by atoms with Gasteiger partial charge in [-0.15, -0.1) is 0 Å². The number of hydrogen-bond donors (Lipinski definition) is 4. The Morgan fingerprint density at radius 1 is 0.529 bits per heavy atom. The van der Waals surface area contributed by atoms with E-state index in [1.165, 1.54) is 0 Å². The molecular formula is C6H11NaO8S2. The van der Waals surface area contributed by atoms with E-state index in [4.69, 9.17) is 35.0 Å². The van der Waals surface area contributed by atoms with Crippen LogP contribution in [0.1, 0.15) is 0 Å². The molecule has 0 aliphatic rings. The first kappa shape index (κ1) is 22.2. The van der Waals surface area contributed by atoms with Crippen molar-refractivity contribution < 1.29 is 35.0 Å². The predicted molar refractivity (Wildman–Crippen MR) is 61.9 cm³/mol. The molecule has 0 unspecified atom stereocenters. The molecule has 0 bridgehead atoms. The van der Waals surface area contributed by atoms with E-state index >= 15 is 0 Å². The molecule has 0 saturated heterocycles. The summed E-state index contributed by atoms with van der Waals surface area (Å²) >= 11 is 0. The van der Waals surface area contributed by atoms with Gasteiger partial charge < -0.3 is 0 Å². The quantitative estimate of drug-likeness (QED) is 0.378. The van der Waals surface area contributed by atoms with Crippen molar-refractivity contribution in [1.82, 2.24) is 0 Å². The second kappa shape index (κ2) is 11.1. The van der Waals surface area contributed by atoms with Crippen LogP contribution in [0.4, 0.5) is 0 Å². The van der Waals surface area contributed by atoms with Crippen molar-refractivity contribution in [2.45, 2.75) is 0 Å². The molecule has 0 radical (unpaired) electrons. The van der Waals surface area contributed by atoms with Crippen LogP contribution in [0.25, 0.3) is 0 Å². The van der Waals surface area contributed by atoms with Crippen molar-refractivity contribution in [2.75, 3.05) is 0 Å². The Morgan fingerprint density at radius 2 is 0.588 bits per heavy atom. The van der Waals surface area contributed by atoms with Gasteiger partial charge in [-0.3, -0.25) is 18.2 Å². The molecule has 0 aromatic heterocycles. The van der Waals surface area contributed by atoms with Crippen LogP contribution < -0.4 is 0 Å². The number of hydrogen-bond acceptors (Lipinski definition) is 4. The summed E-state index contributed by atoms with van der Waals surface area (Å²) < 4.78 is 63.2. The Kier molecular flexibility index (Phi) is 14.4. The minimum Gasteiger partial charge on any atom is -0.0623 e. The van der Waals surface area contributed by atoms with Gasteiger partial charge in [-0.25, -0.2) is 0 Å². The topological polar surface area (TPSA) is 149 Å². The van der Waals surface area contributed by atoms with E-state index < -0.39 is 20.8 Å². The Balaban J connectivity index is -0.000000170. The summed E-state index contributed by atoms with van der Waals surface area (Å²) in [5.74, 6) is 0. The summed E-state index contributed by atoms with van der Waals surface area (Å²) in [6, 6.07) is 12.0. The Morgan fingerprint density at radius 3 is 0.647 bits per heavy atom.